The zero-order valence-corrected chi connectivity index (χ0v) is 16.2. The van der Waals surface area contributed by atoms with Crippen LogP contribution in [0, 0.1) is 12.8 Å². The third-order valence-electron chi connectivity index (χ3n) is 6.57. The van der Waals surface area contributed by atoms with Gasteiger partial charge in [-0.05, 0) is 31.4 Å². The number of hydrogen-bond acceptors (Lipinski definition) is 5. The summed E-state index contributed by atoms with van der Waals surface area (Å²) in [5.74, 6) is -0.924. The molecule has 4 rings (SSSR count). The van der Waals surface area contributed by atoms with E-state index in [0.29, 0.717) is 25.9 Å². The van der Waals surface area contributed by atoms with Crippen molar-refractivity contribution in [1.82, 2.24) is 9.88 Å². The van der Waals surface area contributed by atoms with Crippen molar-refractivity contribution in [3.63, 3.8) is 0 Å². The van der Waals surface area contributed by atoms with E-state index in [1.54, 1.807) is 11.9 Å². The average Bonchev–Trinajstić information content (AvgIpc) is 2.93. The van der Waals surface area contributed by atoms with Crippen molar-refractivity contribution < 1.29 is 19.8 Å². The largest absolute Gasteiger partial charge is 0.481 e. The van der Waals surface area contributed by atoms with Gasteiger partial charge in [0.1, 0.15) is 5.82 Å². The fourth-order valence-corrected chi connectivity index (χ4v) is 4.86. The van der Waals surface area contributed by atoms with E-state index in [4.69, 9.17) is 4.98 Å². The Morgan fingerprint density at radius 3 is 2.68 bits per heavy atom. The monoisotopic (exact) mass is 383 g/mol. The number of benzene rings is 1. The number of aliphatic carboxylic acids is 1. The number of aromatic nitrogens is 1. The lowest BCUT2D eigenvalue weighted by atomic mass is 9.77. The van der Waals surface area contributed by atoms with Gasteiger partial charge in [-0.2, -0.15) is 0 Å². The highest BCUT2D eigenvalue weighted by molar-refractivity contribution is 5.88. The molecule has 0 unspecified atom stereocenters. The third kappa shape index (κ3) is 2.73. The Hall–Kier alpha value is -2.67. The molecule has 0 bridgehead atoms. The van der Waals surface area contributed by atoms with Gasteiger partial charge in [0.2, 0.25) is 5.91 Å². The molecule has 28 heavy (non-hydrogen) atoms. The molecular weight excluding hydrogens is 358 g/mol. The minimum absolute atomic E-state index is 0.0706. The van der Waals surface area contributed by atoms with Gasteiger partial charge in [0.15, 0.2) is 0 Å². The summed E-state index contributed by atoms with van der Waals surface area (Å²) in [7, 11) is 1.72. The number of carbonyl (C=O) groups is 2. The van der Waals surface area contributed by atoms with E-state index in [1.165, 1.54) is 0 Å². The number of hydrogen-bond donors (Lipinski definition) is 2. The van der Waals surface area contributed by atoms with Gasteiger partial charge in [0, 0.05) is 37.5 Å². The normalized spacial score (nSPS) is 21.7. The SMILES string of the molecule is Cc1cccc2cc(CO)c(N3CCC4(CC3)[C@H](C(=O)O)CC(=O)N4C)nc12. The number of fused-ring (bicyclic) bond motifs is 1. The number of likely N-dealkylation sites (tertiary alicyclic amines) is 1. The lowest BCUT2D eigenvalue weighted by molar-refractivity contribution is -0.145. The second-order valence-electron chi connectivity index (χ2n) is 7.91. The van der Waals surface area contributed by atoms with Crippen LogP contribution in [0.5, 0.6) is 0 Å². The van der Waals surface area contributed by atoms with Crippen LogP contribution in [0.1, 0.15) is 30.4 Å². The number of aryl methyl sites for hydroxylation is 1. The maximum Gasteiger partial charge on any atom is 0.309 e. The third-order valence-corrected chi connectivity index (χ3v) is 6.57. The molecule has 1 aromatic heterocycles. The Kier molecular flexibility index (Phi) is 4.50. The summed E-state index contributed by atoms with van der Waals surface area (Å²) in [4.78, 5) is 32.6. The summed E-state index contributed by atoms with van der Waals surface area (Å²) >= 11 is 0. The molecule has 2 aromatic rings. The smallest absolute Gasteiger partial charge is 0.309 e. The first-order valence-corrected chi connectivity index (χ1v) is 9.62. The number of aliphatic hydroxyl groups excluding tert-OH is 1. The topological polar surface area (TPSA) is 94.0 Å². The number of carboxylic acid groups (broad SMARTS) is 1. The summed E-state index contributed by atoms with van der Waals surface area (Å²) in [6, 6.07) is 7.95. The molecule has 3 heterocycles. The van der Waals surface area contributed by atoms with Crippen LogP contribution >= 0.6 is 0 Å². The van der Waals surface area contributed by atoms with Crippen molar-refractivity contribution in [1.29, 1.82) is 0 Å². The fourth-order valence-electron chi connectivity index (χ4n) is 4.86. The van der Waals surface area contributed by atoms with Crippen molar-refractivity contribution in [2.45, 2.75) is 38.3 Å². The van der Waals surface area contributed by atoms with E-state index < -0.39 is 17.4 Å². The van der Waals surface area contributed by atoms with E-state index in [-0.39, 0.29) is 18.9 Å². The van der Waals surface area contributed by atoms with Crippen molar-refractivity contribution in [2.24, 2.45) is 5.92 Å². The molecule has 0 saturated carbocycles. The molecule has 0 aliphatic carbocycles. The van der Waals surface area contributed by atoms with Gasteiger partial charge in [-0.25, -0.2) is 4.98 Å². The predicted molar refractivity (Wildman–Crippen MR) is 105 cm³/mol. The summed E-state index contributed by atoms with van der Waals surface area (Å²) in [5, 5.41) is 20.5. The quantitative estimate of drug-likeness (QED) is 0.841. The number of amides is 1. The van der Waals surface area contributed by atoms with Crippen LogP contribution in [0.2, 0.25) is 0 Å². The van der Waals surface area contributed by atoms with Crippen molar-refractivity contribution in [2.75, 3.05) is 25.0 Å². The molecule has 1 spiro atoms. The van der Waals surface area contributed by atoms with Crippen LogP contribution in [0.15, 0.2) is 24.3 Å². The van der Waals surface area contributed by atoms with E-state index in [0.717, 1.165) is 27.8 Å². The highest BCUT2D eigenvalue weighted by Crippen LogP contribution is 2.43. The lowest BCUT2D eigenvalue weighted by Crippen LogP contribution is -2.56. The van der Waals surface area contributed by atoms with Gasteiger partial charge in [-0.15, -0.1) is 0 Å². The van der Waals surface area contributed by atoms with Crippen molar-refractivity contribution in [3.05, 3.63) is 35.4 Å². The highest BCUT2D eigenvalue weighted by atomic mass is 16.4. The summed E-state index contributed by atoms with van der Waals surface area (Å²) in [6.07, 6.45) is 1.22. The molecule has 7 heteroatoms. The van der Waals surface area contributed by atoms with Gasteiger partial charge in [-0.1, -0.05) is 18.2 Å². The second-order valence-corrected chi connectivity index (χ2v) is 7.91. The summed E-state index contributed by atoms with van der Waals surface area (Å²) < 4.78 is 0. The van der Waals surface area contributed by atoms with Gasteiger partial charge in [0.25, 0.3) is 0 Å². The zero-order valence-electron chi connectivity index (χ0n) is 16.2. The minimum Gasteiger partial charge on any atom is -0.481 e. The first-order chi connectivity index (χ1) is 13.4. The molecule has 0 radical (unpaired) electrons. The fraction of sp³-hybridized carbons (Fsp3) is 0.476. The Labute approximate surface area is 163 Å². The molecule has 148 valence electrons. The maximum atomic E-state index is 12.2. The number of pyridine rings is 1. The van der Waals surface area contributed by atoms with E-state index in [9.17, 15) is 19.8 Å². The van der Waals surface area contributed by atoms with Crippen LogP contribution in [0.3, 0.4) is 0 Å². The minimum atomic E-state index is -0.901. The molecule has 1 atom stereocenters. The van der Waals surface area contributed by atoms with E-state index in [2.05, 4.69) is 4.90 Å². The summed E-state index contributed by atoms with van der Waals surface area (Å²) in [5.41, 5.74) is 2.11. The molecule has 1 aromatic carbocycles. The standard InChI is InChI=1S/C21H25N3O4/c1-13-4-3-5-14-10-15(12-25)19(22-18(13)14)24-8-6-21(7-9-24)16(20(27)28)11-17(26)23(21)2/h3-5,10,16,25H,6-9,11-12H2,1-2H3,(H,27,28)/t16-/m0/s1. The van der Waals surface area contributed by atoms with Crippen LogP contribution in [0.25, 0.3) is 10.9 Å². The van der Waals surface area contributed by atoms with Crippen molar-refractivity contribution >= 4 is 28.6 Å². The first-order valence-electron chi connectivity index (χ1n) is 9.62. The Bertz CT molecular complexity index is 950. The number of para-hydroxylation sites is 1. The summed E-state index contributed by atoms with van der Waals surface area (Å²) in [6.45, 7) is 3.10. The van der Waals surface area contributed by atoms with Crippen LogP contribution in [0.4, 0.5) is 5.82 Å². The van der Waals surface area contributed by atoms with E-state index >= 15 is 0 Å². The van der Waals surface area contributed by atoms with Gasteiger partial charge >= 0.3 is 5.97 Å². The number of piperidine rings is 1. The van der Waals surface area contributed by atoms with Crippen LogP contribution in [-0.4, -0.2) is 57.6 Å². The number of anilines is 1. The molecule has 2 N–H and O–H groups in total. The van der Waals surface area contributed by atoms with Gasteiger partial charge in [-0.3, -0.25) is 9.59 Å². The molecule has 1 amide bonds. The number of rotatable bonds is 3. The average molecular weight is 383 g/mol. The lowest BCUT2D eigenvalue weighted by Gasteiger charge is -2.46. The van der Waals surface area contributed by atoms with Crippen LogP contribution < -0.4 is 4.90 Å². The number of aliphatic hydroxyl groups is 1. The molecular formula is C21H25N3O4. The molecule has 7 nitrogen and oxygen atoms in total. The molecule has 2 aliphatic heterocycles. The highest BCUT2D eigenvalue weighted by Gasteiger charge is 2.55. The first kappa shape index (κ1) is 18.7. The number of nitrogens with zero attached hydrogens (tertiary/aromatic N) is 3. The predicted octanol–water partition coefficient (Wildman–Crippen LogP) is 1.94. The zero-order chi connectivity index (χ0) is 20.1. The maximum absolute atomic E-state index is 12.2. The Balaban J connectivity index is 1.66. The van der Waals surface area contributed by atoms with Crippen LogP contribution in [-0.2, 0) is 16.2 Å². The Morgan fingerprint density at radius 1 is 1.32 bits per heavy atom. The van der Waals surface area contributed by atoms with Gasteiger partial charge in [0.05, 0.1) is 23.6 Å². The number of carboxylic acids is 1. The Morgan fingerprint density at radius 2 is 2.04 bits per heavy atom. The second kappa shape index (κ2) is 6.74. The number of carbonyl (C=O) groups excluding carboxylic acids is 1. The molecule has 2 saturated heterocycles. The molecule has 2 fully saturated rings. The molecule has 2 aliphatic rings. The van der Waals surface area contributed by atoms with E-state index in [1.807, 2.05) is 31.2 Å². The van der Waals surface area contributed by atoms with Gasteiger partial charge < -0.3 is 20.0 Å². The van der Waals surface area contributed by atoms with Crippen molar-refractivity contribution in [3.8, 4) is 0 Å².